The van der Waals surface area contributed by atoms with E-state index in [4.69, 9.17) is 0 Å². The Bertz CT molecular complexity index is 1380. The van der Waals surface area contributed by atoms with Crippen LogP contribution in [0.3, 0.4) is 0 Å². The third-order valence-corrected chi connectivity index (χ3v) is 7.70. The summed E-state index contributed by atoms with van der Waals surface area (Å²) in [6.07, 6.45) is 3.72. The van der Waals surface area contributed by atoms with Gasteiger partial charge in [0.1, 0.15) is 5.69 Å². The van der Waals surface area contributed by atoms with E-state index in [9.17, 15) is 14.4 Å². The van der Waals surface area contributed by atoms with E-state index in [0.29, 0.717) is 48.6 Å². The number of amides is 3. The van der Waals surface area contributed by atoms with Gasteiger partial charge in [-0.3, -0.25) is 14.4 Å². The molecule has 2 saturated heterocycles. The number of aromatic nitrogens is 2. The molecule has 0 bridgehead atoms. The normalized spacial score (nSPS) is 15.4. The van der Waals surface area contributed by atoms with Crippen molar-refractivity contribution in [1.29, 1.82) is 0 Å². The van der Waals surface area contributed by atoms with E-state index in [2.05, 4.69) is 61.6 Å². The van der Waals surface area contributed by atoms with Gasteiger partial charge in [-0.05, 0) is 56.5 Å². The summed E-state index contributed by atoms with van der Waals surface area (Å²) in [6.45, 7) is 9.07. The van der Waals surface area contributed by atoms with Crippen molar-refractivity contribution in [3.63, 3.8) is 0 Å². The van der Waals surface area contributed by atoms with Crippen LogP contribution in [0.1, 0.15) is 51.4 Å². The van der Waals surface area contributed by atoms with Gasteiger partial charge in [0.25, 0.3) is 11.8 Å². The fourth-order valence-corrected chi connectivity index (χ4v) is 5.45. The number of hydrogen-bond donors (Lipinski definition) is 3. The number of anilines is 3. The third-order valence-electron chi connectivity index (χ3n) is 7.70. The van der Waals surface area contributed by atoms with Crippen LogP contribution >= 0.6 is 0 Å². The minimum absolute atomic E-state index is 0.189. The first kappa shape index (κ1) is 27.2. The van der Waals surface area contributed by atoms with Crippen LogP contribution < -0.4 is 20.4 Å². The van der Waals surface area contributed by atoms with E-state index >= 15 is 0 Å². The van der Waals surface area contributed by atoms with Gasteiger partial charge in [0.2, 0.25) is 5.91 Å². The summed E-state index contributed by atoms with van der Waals surface area (Å²) in [5.41, 5.74) is 5.42. The largest absolute Gasteiger partial charge is 0.368 e. The zero-order valence-corrected chi connectivity index (χ0v) is 23.2. The highest BCUT2D eigenvalue weighted by Crippen LogP contribution is 2.30. The molecule has 2 fully saturated rings. The van der Waals surface area contributed by atoms with Crippen LogP contribution in [0.15, 0.2) is 48.8 Å². The van der Waals surface area contributed by atoms with Crippen molar-refractivity contribution in [2.75, 3.05) is 60.9 Å². The number of aryl methyl sites for hydroxylation is 2. The van der Waals surface area contributed by atoms with Crippen molar-refractivity contribution in [2.45, 2.75) is 33.1 Å². The van der Waals surface area contributed by atoms with E-state index in [-0.39, 0.29) is 17.7 Å². The number of piperazine rings is 1. The molecule has 210 valence electrons. The lowest BCUT2D eigenvalue weighted by Gasteiger charge is -2.38. The number of carbonyl (C=O) groups is 3. The number of H-pyrrole nitrogens is 1. The number of nitrogens with zero attached hydrogens (tertiary/aromatic N) is 4. The second-order valence-electron chi connectivity index (χ2n) is 10.4. The van der Waals surface area contributed by atoms with Crippen molar-refractivity contribution < 1.29 is 14.4 Å². The molecule has 2 aliphatic rings. The van der Waals surface area contributed by atoms with Crippen LogP contribution in [0.5, 0.6) is 0 Å². The van der Waals surface area contributed by atoms with Crippen LogP contribution in [0.25, 0.3) is 0 Å². The second-order valence-corrected chi connectivity index (χ2v) is 10.4. The lowest BCUT2D eigenvalue weighted by atomic mass is 10.1. The summed E-state index contributed by atoms with van der Waals surface area (Å²) < 4.78 is 0. The highest BCUT2D eigenvalue weighted by atomic mass is 16.2. The number of hydrogen-bond acceptors (Lipinski definition) is 6. The lowest BCUT2D eigenvalue weighted by Crippen LogP contribution is -2.47. The maximum atomic E-state index is 13.1. The van der Waals surface area contributed by atoms with Gasteiger partial charge in [-0.15, -0.1) is 0 Å². The Labute approximate surface area is 234 Å². The fourth-order valence-electron chi connectivity index (χ4n) is 5.45. The zero-order valence-electron chi connectivity index (χ0n) is 23.2. The third kappa shape index (κ3) is 6.11. The number of aromatic amines is 1. The van der Waals surface area contributed by atoms with Gasteiger partial charge in [0.15, 0.2) is 0 Å². The fraction of sp³-hybridized carbons (Fsp3) is 0.400. The van der Waals surface area contributed by atoms with Gasteiger partial charge >= 0.3 is 0 Å². The first-order chi connectivity index (χ1) is 19.4. The molecule has 40 heavy (non-hydrogen) atoms. The Hall–Kier alpha value is -4.34. The van der Waals surface area contributed by atoms with Gasteiger partial charge in [-0.1, -0.05) is 18.2 Å². The van der Waals surface area contributed by atoms with E-state index in [1.54, 1.807) is 19.1 Å². The monoisotopic (exact) mass is 543 g/mol. The van der Waals surface area contributed by atoms with Gasteiger partial charge in [-0.2, -0.15) is 0 Å². The van der Waals surface area contributed by atoms with Gasteiger partial charge in [-0.25, -0.2) is 4.98 Å². The molecule has 10 nitrogen and oxygen atoms in total. The molecule has 0 spiro atoms. The summed E-state index contributed by atoms with van der Waals surface area (Å²) >= 11 is 0. The topological polar surface area (TPSA) is 114 Å². The molecule has 3 amide bonds. The highest BCUT2D eigenvalue weighted by molar-refractivity contribution is 6.06. The van der Waals surface area contributed by atoms with Crippen LogP contribution in [0, 0.1) is 13.8 Å². The number of para-hydroxylation sites is 1. The minimum atomic E-state index is -0.303. The smallest absolute Gasteiger partial charge is 0.274 e. The Balaban J connectivity index is 1.29. The molecule has 0 atom stereocenters. The number of rotatable bonds is 9. The highest BCUT2D eigenvalue weighted by Gasteiger charge is 2.23. The average molecular weight is 544 g/mol. The van der Waals surface area contributed by atoms with E-state index in [1.807, 2.05) is 11.0 Å². The molecule has 3 N–H and O–H groups in total. The van der Waals surface area contributed by atoms with Crippen molar-refractivity contribution in [3.8, 4) is 0 Å². The van der Waals surface area contributed by atoms with Crippen molar-refractivity contribution >= 4 is 34.8 Å². The van der Waals surface area contributed by atoms with Crippen LogP contribution in [0.2, 0.25) is 0 Å². The number of imidazole rings is 1. The first-order valence-electron chi connectivity index (χ1n) is 14.0. The van der Waals surface area contributed by atoms with Crippen LogP contribution in [-0.4, -0.2) is 78.4 Å². The summed E-state index contributed by atoms with van der Waals surface area (Å²) in [6, 6.07) is 13.9. The first-order valence-corrected chi connectivity index (χ1v) is 14.0. The number of benzene rings is 2. The Morgan fingerprint density at radius 1 is 0.950 bits per heavy atom. The molecule has 0 radical (unpaired) electrons. The number of nitrogens with one attached hydrogen (secondary N) is 3. The predicted octanol–water partition coefficient (Wildman–Crippen LogP) is 3.35. The van der Waals surface area contributed by atoms with Crippen molar-refractivity contribution in [1.82, 2.24) is 20.2 Å². The summed E-state index contributed by atoms with van der Waals surface area (Å²) in [5, 5.41) is 5.98. The molecule has 5 rings (SSSR count). The van der Waals surface area contributed by atoms with Gasteiger partial charge < -0.3 is 30.3 Å². The second kappa shape index (κ2) is 12.2. The molecule has 10 heteroatoms. The molecule has 0 aliphatic carbocycles. The average Bonchev–Trinajstić information content (AvgIpc) is 3.58. The molecule has 2 aromatic carbocycles. The molecule has 2 aliphatic heterocycles. The predicted molar refractivity (Wildman–Crippen MR) is 156 cm³/mol. The summed E-state index contributed by atoms with van der Waals surface area (Å²) in [7, 11) is 0. The number of carbonyl (C=O) groups excluding carboxylic acids is 3. The quantitative estimate of drug-likeness (QED) is 0.357. The molecule has 1 aromatic heterocycles. The van der Waals surface area contributed by atoms with Crippen LogP contribution in [0.4, 0.5) is 17.1 Å². The standard InChI is InChI=1S/C30H37N7O3/c1-21-7-3-4-8-25(21)35-15-17-36(18-16-35)26-11-10-23(19-24(26)34-30(40)28-22(2)32-20-33-28)29(39)31-12-6-14-37-13-5-9-27(37)38/h3-4,7-8,10-11,19-20H,5-6,9,12-18H2,1-2H3,(H,31,39)(H,32,33)(H,34,40). The number of likely N-dealkylation sites (tertiary alicyclic amines) is 1. The van der Waals surface area contributed by atoms with E-state index < -0.39 is 0 Å². The van der Waals surface area contributed by atoms with Gasteiger partial charge in [0.05, 0.1) is 23.4 Å². The Morgan fingerprint density at radius 3 is 2.38 bits per heavy atom. The van der Waals surface area contributed by atoms with Gasteiger partial charge in [0, 0.05) is 63.5 Å². The molecule has 0 saturated carbocycles. The van der Waals surface area contributed by atoms with E-state index in [1.165, 1.54) is 17.6 Å². The van der Waals surface area contributed by atoms with Crippen LogP contribution in [-0.2, 0) is 4.79 Å². The van der Waals surface area contributed by atoms with Crippen molar-refractivity contribution in [2.24, 2.45) is 0 Å². The molecular weight excluding hydrogens is 506 g/mol. The Morgan fingerprint density at radius 2 is 1.70 bits per heavy atom. The summed E-state index contributed by atoms with van der Waals surface area (Å²) in [4.78, 5) is 51.4. The SMILES string of the molecule is Cc1ccccc1N1CCN(c2ccc(C(=O)NCCCN3CCCC3=O)cc2NC(=O)c2[nH]cnc2C)CC1. The molecule has 3 heterocycles. The summed E-state index contributed by atoms with van der Waals surface area (Å²) in [5.74, 6) is -0.325. The maximum Gasteiger partial charge on any atom is 0.274 e. The maximum absolute atomic E-state index is 13.1. The zero-order chi connectivity index (χ0) is 28.1. The lowest BCUT2D eigenvalue weighted by molar-refractivity contribution is -0.127. The van der Waals surface area contributed by atoms with Crippen molar-refractivity contribution in [3.05, 3.63) is 71.3 Å². The van der Waals surface area contributed by atoms with E-state index in [0.717, 1.165) is 44.8 Å². The molecule has 3 aromatic rings. The molecular formula is C30H37N7O3. The molecule has 0 unspecified atom stereocenters. The Kier molecular flexibility index (Phi) is 8.33. The minimum Gasteiger partial charge on any atom is -0.368 e.